The minimum atomic E-state index is -0.929. The summed E-state index contributed by atoms with van der Waals surface area (Å²) in [6, 6.07) is 12.2. The van der Waals surface area contributed by atoms with E-state index in [9.17, 15) is 14.6 Å². The second-order valence-electron chi connectivity index (χ2n) is 7.86. The summed E-state index contributed by atoms with van der Waals surface area (Å²) < 4.78 is 18.7. The van der Waals surface area contributed by atoms with Crippen LogP contribution in [0, 0.1) is 12.7 Å². The fraction of sp³-hybridized carbons (Fsp3) is 0.391. The standard InChI is InChI=1S/C23H26FNO3/c1-14-3-4-16(15-5-7-17(24)8-6-15)13-19(14)20-21(26)23(25-22(20)27)11-9-18(28-2)10-12-23/h3-8,13,18,22,25-27H,9-12H2,1-2H3/t18-,22?,23+. The zero-order valence-corrected chi connectivity index (χ0v) is 16.2. The van der Waals surface area contributed by atoms with Crippen LogP contribution in [0.3, 0.4) is 0 Å². The average molecular weight is 383 g/mol. The van der Waals surface area contributed by atoms with E-state index in [1.807, 2.05) is 25.1 Å². The third-order valence-electron chi connectivity index (χ3n) is 6.22. The second kappa shape index (κ2) is 7.32. The molecule has 0 aromatic heterocycles. The van der Waals surface area contributed by atoms with Crippen LogP contribution in [0.15, 0.2) is 48.2 Å². The van der Waals surface area contributed by atoms with E-state index in [0.29, 0.717) is 18.4 Å². The molecule has 4 nitrogen and oxygen atoms in total. The lowest BCUT2D eigenvalue weighted by molar-refractivity contribution is 0.0341. The van der Waals surface area contributed by atoms with Crippen molar-refractivity contribution in [2.24, 2.45) is 0 Å². The number of hydrogen-bond donors (Lipinski definition) is 3. The molecule has 0 radical (unpaired) electrons. The van der Waals surface area contributed by atoms with Crippen molar-refractivity contribution in [1.82, 2.24) is 5.32 Å². The van der Waals surface area contributed by atoms with Crippen LogP contribution in [-0.4, -0.2) is 35.2 Å². The Morgan fingerprint density at radius 1 is 1.07 bits per heavy atom. The monoisotopic (exact) mass is 383 g/mol. The maximum Gasteiger partial charge on any atom is 0.135 e. The van der Waals surface area contributed by atoms with E-state index in [2.05, 4.69) is 5.32 Å². The Balaban J connectivity index is 1.73. The number of aliphatic hydroxyl groups excluding tert-OH is 2. The van der Waals surface area contributed by atoms with Gasteiger partial charge in [0, 0.05) is 12.7 Å². The summed E-state index contributed by atoms with van der Waals surface area (Å²) in [6.07, 6.45) is 2.37. The molecular weight excluding hydrogens is 357 g/mol. The third kappa shape index (κ3) is 3.24. The number of halogens is 1. The maximum atomic E-state index is 13.3. The molecule has 1 fully saturated rings. The zero-order valence-electron chi connectivity index (χ0n) is 16.2. The Kier molecular flexibility index (Phi) is 5.00. The van der Waals surface area contributed by atoms with E-state index >= 15 is 0 Å². The number of benzene rings is 2. The largest absolute Gasteiger partial charge is 0.510 e. The molecule has 0 saturated heterocycles. The van der Waals surface area contributed by atoms with E-state index in [-0.39, 0.29) is 17.7 Å². The first-order valence-electron chi connectivity index (χ1n) is 9.73. The van der Waals surface area contributed by atoms with Crippen molar-refractivity contribution in [3.63, 3.8) is 0 Å². The van der Waals surface area contributed by atoms with Gasteiger partial charge >= 0.3 is 0 Å². The van der Waals surface area contributed by atoms with Gasteiger partial charge in [-0.15, -0.1) is 0 Å². The van der Waals surface area contributed by atoms with Crippen molar-refractivity contribution in [3.8, 4) is 11.1 Å². The summed E-state index contributed by atoms with van der Waals surface area (Å²) in [6.45, 7) is 1.96. The molecule has 5 heteroatoms. The molecule has 1 aliphatic heterocycles. The lowest BCUT2D eigenvalue weighted by Gasteiger charge is -2.37. The quantitative estimate of drug-likeness (QED) is 0.739. The molecule has 1 spiro atoms. The van der Waals surface area contributed by atoms with Gasteiger partial charge in [-0.25, -0.2) is 4.39 Å². The van der Waals surface area contributed by atoms with Crippen molar-refractivity contribution >= 4 is 5.57 Å². The van der Waals surface area contributed by atoms with Crippen LogP contribution in [0.4, 0.5) is 4.39 Å². The van der Waals surface area contributed by atoms with Crippen molar-refractivity contribution < 1.29 is 19.3 Å². The fourth-order valence-corrected chi connectivity index (χ4v) is 4.50. The molecular formula is C23H26FNO3. The van der Waals surface area contributed by atoms with Gasteiger partial charge in [-0.1, -0.05) is 24.3 Å². The van der Waals surface area contributed by atoms with Crippen molar-refractivity contribution in [3.05, 3.63) is 65.2 Å². The van der Waals surface area contributed by atoms with Crippen LogP contribution < -0.4 is 5.32 Å². The summed E-state index contributed by atoms with van der Waals surface area (Å²) >= 11 is 0. The molecule has 0 bridgehead atoms. The molecule has 1 saturated carbocycles. The summed E-state index contributed by atoms with van der Waals surface area (Å²) in [5, 5.41) is 25.1. The predicted octanol–water partition coefficient (Wildman–Crippen LogP) is 4.32. The SMILES string of the molecule is CO[C@H]1CC[C@]2(CC1)NC(O)C(c1cc(-c3ccc(F)cc3)ccc1C)=C2O. The smallest absolute Gasteiger partial charge is 0.135 e. The molecule has 1 aliphatic carbocycles. The number of rotatable bonds is 3. The summed E-state index contributed by atoms with van der Waals surface area (Å²) in [5.74, 6) is -0.0469. The van der Waals surface area contributed by atoms with Crippen LogP contribution >= 0.6 is 0 Å². The normalized spacial score (nSPS) is 27.6. The third-order valence-corrected chi connectivity index (χ3v) is 6.22. The highest BCUT2D eigenvalue weighted by atomic mass is 19.1. The number of hydrogen-bond acceptors (Lipinski definition) is 4. The summed E-state index contributed by atoms with van der Waals surface area (Å²) in [4.78, 5) is 0. The Morgan fingerprint density at radius 2 is 1.71 bits per heavy atom. The first-order valence-corrected chi connectivity index (χ1v) is 9.73. The van der Waals surface area contributed by atoms with E-state index in [0.717, 1.165) is 35.1 Å². The van der Waals surface area contributed by atoms with Gasteiger partial charge < -0.3 is 14.9 Å². The molecule has 2 aliphatic rings. The van der Waals surface area contributed by atoms with Gasteiger partial charge in [0.25, 0.3) is 0 Å². The molecule has 1 atom stereocenters. The number of aryl methyl sites for hydroxylation is 1. The van der Waals surface area contributed by atoms with Gasteiger partial charge in [0.2, 0.25) is 0 Å². The molecule has 3 N–H and O–H groups in total. The Hall–Kier alpha value is -2.21. The predicted molar refractivity (Wildman–Crippen MR) is 107 cm³/mol. The number of methoxy groups -OCH3 is 1. The highest BCUT2D eigenvalue weighted by Crippen LogP contribution is 2.44. The maximum absolute atomic E-state index is 13.3. The van der Waals surface area contributed by atoms with E-state index in [1.54, 1.807) is 19.2 Å². The van der Waals surface area contributed by atoms with Gasteiger partial charge in [-0.05, 0) is 73.1 Å². The van der Waals surface area contributed by atoms with Crippen LogP contribution in [-0.2, 0) is 4.74 Å². The van der Waals surface area contributed by atoms with Crippen molar-refractivity contribution in [2.75, 3.05) is 7.11 Å². The molecule has 1 heterocycles. The number of nitrogens with one attached hydrogen (secondary N) is 1. The second-order valence-corrected chi connectivity index (χ2v) is 7.86. The zero-order chi connectivity index (χ0) is 19.9. The highest BCUT2D eigenvalue weighted by Gasteiger charge is 2.47. The van der Waals surface area contributed by atoms with Crippen LogP contribution in [0.25, 0.3) is 16.7 Å². The number of aliphatic hydroxyl groups is 2. The topological polar surface area (TPSA) is 61.7 Å². The van der Waals surface area contributed by atoms with Crippen LogP contribution in [0.1, 0.15) is 36.8 Å². The van der Waals surface area contributed by atoms with E-state index in [1.165, 1.54) is 12.1 Å². The molecule has 2 aromatic rings. The highest BCUT2D eigenvalue weighted by molar-refractivity contribution is 5.80. The van der Waals surface area contributed by atoms with Gasteiger partial charge in [-0.2, -0.15) is 0 Å². The lowest BCUT2D eigenvalue weighted by atomic mass is 9.79. The Morgan fingerprint density at radius 3 is 2.36 bits per heavy atom. The first kappa shape index (κ1) is 19.1. The van der Waals surface area contributed by atoms with Crippen LogP contribution in [0.2, 0.25) is 0 Å². The minimum absolute atomic E-state index is 0.199. The molecule has 2 aromatic carbocycles. The molecule has 1 unspecified atom stereocenters. The van der Waals surface area contributed by atoms with E-state index < -0.39 is 11.8 Å². The number of ether oxygens (including phenoxy) is 1. The summed E-state index contributed by atoms with van der Waals surface area (Å²) in [7, 11) is 1.71. The van der Waals surface area contributed by atoms with Crippen molar-refractivity contribution in [1.29, 1.82) is 0 Å². The van der Waals surface area contributed by atoms with Gasteiger partial charge in [0.05, 0.1) is 11.6 Å². The molecule has 4 rings (SSSR count). The molecule has 28 heavy (non-hydrogen) atoms. The minimum Gasteiger partial charge on any atom is -0.510 e. The van der Waals surface area contributed by atoms with Gasteiger partial charge in [0.1, 0.15) is 17.8 Å². The van der Waals surface area contributed by atoms with Crippen LogP contribution in [0.5, 0.6) is 0 Å². The average Bonchev–Trinajstić information content (AvgIpc) is 2.93. The van der Waals surface area contributed by atoms with Gasteiger partial charge in [-0.3, -0.25) is 5.32 Å². The molecule has 0 amide bonds. The van der Waals surface area contributed by atoms with Crippen molar-refractivity contribution in [2.45, 2.75) is 50.5 Å². The van der Waals surface area contributed by atoms with Gasteiger partial charge in [0.15, 0.2) is 0 Å². The lowest BCUT2D eigenvalue weighted by Crippen LogP contribution is -2.49. The fourth-order valence-electron chi connectivity index (χ4n) is 4.50. The Bertz CT molecular complexity index is 899. The molecule has 148 valence electrons. The summed E-state index contributed by atoms with van der Waals surface area (Å²) in [5.41, 5.74) is 3.52. The Labute approximate surface area is 164 Å². The first-order chi connectivity index (χ1) is 13.4. The van der Waals surface area contributed by atoms with E-state index in [4.69, 9.17) is 4.74 Å².